The maximum absolute atomic E-state index is 12.9. The second kappa shape index (κ2) is 8.13. The number of halogens is 1. The smallest absolute Gasteiger partial charge is 0.226 e. The van der Waals surface area contributed by atoms with Gasteiger partial charge in [0.15, 0.2) is 0 Å². The normalized spacial score (nSPS) is 11.1. The van der Waals surface area contributed by atoms with Crippen LogP contribution in [0.1, 0.15) is 39.7 Å². The fourth-order valence-corrected chi connectivity index (χ4v) is 2.58. The minimum absolute atomic E-state index is 0.0363. The highest BCUT2D eigenvalue weighted by atomic mass is 19.1. The number of carbonyl (C=O) groups is 2. The Hall–Kier alpha value is -2.69. The van der Waals surface area contributed by atoms with Crippen LogP contribution < -0.4 is 10.2 Å². The highest BCUT2D eigenvalue weighted by molar-refractivity contribution is 5.94. The lowest BCUT2D eigenvalue weighted by Crippen LogP contribution is -2.32. The molecular formula is C21H25FN2O2. The van der Waals surface area contributed by atoms with Crippen LogP contribution >= 0.6 is 0 Å². The summed E-state index contributed by atoms with van der Waals surface area (Å²) in [6, 6.07) is 13.4. The van der Waals surface area contributed by atoms with Gasteiger partial charge in [0.2, 0.25) is 11.8 Å². The molecule has 0 aliphatic carbocycles. The zero-order chi connectivity index (χ0) is 19.3. The Balaban J connectivity index is 2.00. The van der Waals surface area contributed by atoms with E-state index in [4.69, 9.17) is 0 Å². The number of rotatable bonds is 5. The predicted octanol–water partition coefficient (Wildman–Crippen LogP) is 4.50. The summed E-state index contributed by atoms with van der Waals surface area (Å²) in [7, 11) is 0. The second-order valence-corrected chi connectivity index (χ2v) is 7.27. The van der Waals surface area contributed by atoms with Crippen LogP contribution in [0.5, 0.6) is 0 Å². The van der Waals surface area contributed by atoms with E-state index in [1.165, 1.54) is 36.8 Å². The first-order chi connectivity index (χ1) is 12.2. The molecule has 0 saturated carbocycles. The molecule has 0 aliphatic heterocycles. The Morgan fingerprint density at radius 2 is 1.58 bits per heavy atom. The zero-order valence-electron chi connectivity index (χ0n) is 15.7. The molecule has 2 aromatic rings. The summed E-state index contributed by atoms with van der Waals surface area (Å²) in [5.74, 6) is -0.707. The van der Waals surface area contributed by atoms with Crippen molar-refractivity contribution in [3.05, 3.63) is 59.9 Å². The molecule has 0 fully saturated rings. The minimum Gasteiger partial charge on any atom is -0.326 e. The third kappa shape index (κ3) is 5.41. The predicted molar refractivity (Wildman–Crippen MR) is 103 cm³/mol. The van der Waals surface area contributed by atoms with E-state index < -0.39 is 0 Å². The number of anilines is 2. The molecule has 2 aromatic carbocycles. The summed E-state index contributed by atoms with van der Waals surface area (Å²) in [6.07, 6.45) is 0.151. The van der Waals surface area contributed by atoms with E-state index in [1.807, 2.05) is 24.3 Å². The Kier molecular flexibility index (Phi) is 6.14. The van der Waals surface area contributed by atoms with E-state index in [0.29, 0.717) is 5.69 Å². The molecule has 5 heteroatoms. The van der Waals surface area contributed by atoms with E-state index in [0.717, 1.165) is 5.69 Å². The summed E-state index contributed by atoms with van der Waals surface area (Å²) in [5.41, 5.74) is 2.51. The Bertz CT molecular complexity index is 762. The van der Waals surface area contributed by atoms with Crippen LogP contribution in [0.3, 0.4) is 0 Å². The number of amides is 2. The molecule has 0 radical (unpaired) electrons. The number of hydrogen-bond acceptors (Lipinski definition) is 2. The molecule has 0 saturated heterocycles. The monoisotopic (exact) mass is 356 g/mol. The summed E-state index contributed by atoms with van der Waals surface area (Å²) in [4.78, 5) is 25.7. The largest absolute Gasteiger partial charge is 0.326 e. The standard InChI is InChI=1S/C21H25FN2O2/c1-15(25)24(19-11-5-16(6-12-19)21(2,3)4)14-13-20(26)23-18-9-7-17(22)8-10-18/h5-12H,13-14H2,1-4H3,(H,23,26). The SMILES string of the molecule is CC(=O)N(CCC(=O)Nc1ccc(F)cc1)c1ccc(C(C)(C)C)cc1. The minimum atomic E-state index is -0.357. The summed E-state index contributed by atoms with van der Waals surface area (Å²) in [6.45, 7) is 8.15. The van der Waals surface area contributed by atoms with Crippen molar-refractivity contribution in [2.45, 2.75) is 39.5 Å². The van der Waals surface area contributed by atoms with Crippen molar-refractivity contribution in [3.63, 3.8) is 0 Å². The molecule has 26 heavy (non-hydrogen) atoms. The average molecular weight is 356 g/mol. The van der Waals surface area contributed by atoms with Crippen molar-refractivity contribution < 1.29 is 14.0 Å². The third-order valence-electron chi connectivity index (χ3n) is 4.12. The van der Waals surface area contributed by atoms with Gasteiger partial charge in [-0.1, -0.05) is 32.9 Å². The Labute approximate surface area is 154 Å². The van der Waals surface area contributed by atoms with Crippen LogP contribution in [-0.4, -0.2) is 18.4 Å². The maximum Gasteiger partial charge on any atom is 0.226 e. The van der Waals surface area contributed by atoms with Gasteiger partial charge < -0.3 is 10.2 Å². The van der Waals surface area contributed by atoms with Crippen LogP contribution in [0.15, 0.2) is 48.5 Å². The molecule has 0 aliphatic rings. The summed E-state index contributed by atoms with van der Waals surface area (Å²) in [5, 5.41) is 2.70. The quantitative estimate of drug-likeness (QED) is 0.857. The van der Waals surface area contributed by atoms with Crippen molar-refractivity contribution in [2.24, 2.45) is 0 Å². The fourth-order valence-electron chi connectivity index (χ4n) is 2.58. The maximum atomic E-state index is 12.9. The van der Waals surface area contributed by atoms with Gasteiger partial charge in [-0.25, -0.2) is 4.39 Å². The number of nitrogens with one attached hydrogen (secondary N) is 1. The van der Waals surface area contributed by atoms with Crippen LogP contribution in [-0.2, 0) is 15.0 Å². The van der Waals surface area contributed by atoms with Crippen molar-refractivity contribution in [2.75, 3.05) is 16.8 Å². The van der Waals surface area contributed by atoms with Gasteiger partial charge in [-0.3, -0.25) is 9.59 Å². The van der Waals surface area contributed by atoms with Gasteiger partial charge in [0.1, 0.15) is 5.82 Å². The van der Waals surface area contributed by atoms with Gasteiger partial charge in [0.05, 0.1) is 0 Å². The highest BCUT2D eigenvalue weighted by Gasteiger charge is 2.16. The first kappa shape index (κ1) is 19.6. The second-order valence-electron chi connectivity index (χ2n) is 7.27. The molecule has 0 atom stereocenters. The molecule has 0 bridgehead atoms. The molecule has 138 valence electrons. The van der Waals surface area contributed by atoms with Gasteiger partial charge in [-0.05, 0) is 47.4 Å². The van der Waals surface area contributed by atoms with Crippen molar-refractivity contribution >= 4 is 23.2 Å². The number of carbonyl (C=O) groups excluding carboxylic acids is 2. The van der Waals surface area contributed by atoms with Gasteiger partial charge in [-0.15, -0.1) is 0 Å². The van der Waals surface area contributed by atoms with Gasteiger partial charge >= 0.3 is 0 Å². The fraction of sp³-hybridized carbons (Fsp3) is 0.333. The molecule has 0 aromatic heterocycles. The van der Waals surface area contributed by atoms with Gasteiger partial charge in [0.25, 0.3) is 0 Å². The Morgan fingerprint density at radius 3 is 2.08 bits per heavy atom. The van der Waals surface area contributed by atoms with Crippen molar-refractivity contribution in [1.29, 1.82) is 0 Å². The molecular weight excluding hydrogens is 331 g/mol. The van der Waals surface area contributed by atoms with Crippen molar-refractivity contribution in [3.8, 4) is 0 Å². The molecule has 2 rings (SSSR count). The summed E-state index contributed by atoms with van der Waals surface area (Å²) >= 11 is 0. The first-order valence-electron chi connectivity index (χ1n) is 8.61. The van der Waals surface area contributed by atoms with Crippen LogP contribution in [0.4, 0.5) is 15.8 Å². The average Bonchev–Trinajstić information content (AvgIpc) is 2.56. The molecule has 0 unspecified atom stereocenters. The number of benzene rings is 2. The van der Waals surface area contributed by atoms with E-state index in [1.54, 1.807) is 4.90 Å². The van der Waals surface area contributed by atoms with Crippen LogP contribution in [0.2, 0.25) is 0 Å². The molecule has 0 heterocycles. The molecule has 0 spiro atoms. The zero-order valence-corrected chi connectivity index (χ0v) is 15.7. The lowest BCUT2D eigenvalue weighted by atomic mass is 9.87. The molecule has 4 nitrogen and oxygen atoms in total. The van der Waals surface area contributed by atoms with Crippen LogP contribution in [0, 0.1) is 5.82 Å². The van der Waals surface area contributed by atoms with Crippen molar-refractivity contribution in [1.82, 2.24) is 0 Å². The van der Waals surface area contributed by atoms with E-state index in [2.05, 4.69) is 26.1 Å². The number of hydrogen-bond donors (Lipinski definition) is 1. The first-order valence-corrected chi connectivity index (χ1v) is 8.61. The third-order valence-corrected chi connectivity index (χ3v) is 4.12. The Morgan fingerprint density at radius 1 is 1.00 bits per heavy atom. The highest BCUT2D eigenvalue weighted by Crippen LogP contribution is 2.25. The van der Waals surface area contributed by atoms with E-state index in [9.17, 15) is 14.0 Å². The molecule has 1 N–H and O–H groups in total. The van der Waals surface area contributed by atoms with E-state index in [-0.39, 0.29) is 36.0 Å². The number of nitrogens with zero attached hydrogens (tertiary/aromatic N) is 1. The van der Waals surface area contributed by atoms with Gasteiger partial charge in [-0.2, -0.15) is 0 Å². The lowest BCUT2D eigenvalue weighted by Gasteiger charge is -2.23. The van der Waals surface area contributed by atoms with Gasteiger partial charge in [0, 0.05) is 31.3 Å². The molecule has 2 amide bonds. The summed E-state index contributed by atoms with van der Waals surface area (Å²) < 4.78 is 12.9. The van der Waals surface area contributed by atoms with E-state index >= 15 is 0 Å². The lowest BCUT2D eigenvalue weighted by molar-refractivity contribution is -0.117. The topological polar surface area (TPSA) is 49.4 Å². The van der Waals surface area contributed by atoms with Crippen LogP contribution in [0.25, 0.3) is 0 Å².